The smallest absolute Gasteiger partial charge is 0.309 e. The van der Waals surface area contributed by atoms with Crippen molar-refractivity contribution in [3.63, 3.8) is 0 Å². The van der Waals surface area contributed by atoms with Crippen LogP contribution in [0.2, 0.25) is 10.0 Å². The summed E-state index contributed by atoms with van der Waals surface area (Å²) in [5.74, 6) is -2.53. The number of carbonyl (C=O) groups excluding carboxylic acids is 1. The summed E-state index contributed by atoms with van der Waals surface area (Å²) in [4.78, 5) is 24.1. The number of carbonyl (C=O) groups is 2. The Morgan fingerprint density at radius 1 is 0.729 bits per heavy atom. The van der Waals surface area contributed by atoms with Crippen LogP contribution in [0, 0.1) is 46.0 Å². The molecule has 7 nitrogen and oxygen atoms in total. The number of nitrogens with zero attached hydrogens (tertiary/aromatic N) is 3. The molecule has 59 heavy (non-hydrogen) atoms. The number of aryl methyl sites for hydroxylation is 1. The first-order chi connectivity index (χ1) is 28.0. The van der Waals surface area contributed by atoms with Crippen LogP contribution >= 0.6 is 23.2 Å². The maximum absolute atomic E-state index is 15.1. The van der Waals surface area contributed by atoms with Crippen LogP contribution in [0.5, 0.6) is 0 Å². The van der Waals surface area contributed by atoms with Crippen LogP contribution in [0.25, 0.3) is 0 Å². The average molecular weight is 852 g/mol. The number of halogens is 7. The molecule has 2 heterocycles. The number of amides is 1. The molecule has 6 fully saturated rings. The predicted molar refractivity (Wildman–Crippen MR) is 215 cm³/mol. The molecule has 1 amide bonds. The molecule has 4 aromatic carbocycles. The molecule has 4 unspecified atom stereocenters. The fourth-order valence-corrected chi connectivity index (χ4v) is 10.6. The van der Waals surface area contributed by atoms with Crippen molar-refractivity contribution in [3.8, 4) is 0 Å². The molecule has 4 aromatic rings. The average Bonchev–Trinajstić information content (AvgIpc) is 3.83. The van der Waals surface area contributed by atoms with Crippen molar-refractivity contribution < 1.29 is 36.6 Å². The fraction of sp³-hybridized carbons (Fsp3) is 0.378. The fourth-order valence-electron chi connectivity index (χ4n) is 10.2. The lowest BCUT2D eigenvalue weighted by Crippen LogP contribution is -2.69. The van der Waals surface area contributed by atoms with E-state index in [0.717, 1.165) is 23.6 Å². The van der Waals surface area contributed by atoms with E-state index < -0.39 is 57.6 Å². The summed E-state index contributed by atoms with van der Waals surface area (Å²) < 4.78 is 69.7. The number of carboxylic acids is 1. The Morgan fingerprint density at radius 2 is 1.25 bits per heavy atom. The zero-order valence-electron chi connectivity index (χ0n) is 32.0. The molecule has 308 valence electrons. The van der Waals surface area contributed by atoms with Crippen molar-refractivity contribution >= 4 is 47.5 Å². The lowest BCUT2D eigenvalue weighted by Gasteiger charge is -2.70. The lowest BCUT2D eigenvalue weighted by molar-refractivity contribution is -0.246. The molecule has 4 atom stereocenters. The van der Waals surface area contributed by atoms with Gasteiger partial charge < -0.3 is 10.5 Å². The van der Waals surface area contributed by atoms with Gasteiger partial charge in [0.1, 0.15) is 29.8 Å². The molecular formula is C45H41Cl2F5N4O3. The van der Waals surface area contributed by atoms with Crippen LogP contribution in [0.4, 0.5) is 22.0 Å². The monoisotopic (exact) mass is 850 g/mol. The van der Waals surface area contributed by atoms with E-state index in [4.69, 9.17) is 28.3 Å². The topological polar surface area (TPSA) is 94.4 Å². The highest BCUT2D eigenvalue weighted by Gasteiger charge is 2.76. The van der Waals surface area contributed by atoms with Gasteiger partial charge in [-0.2, -0.15) is 10.2 Å². The number of hydrazone groups is 2. The van der Waals surface area contributed by atoms with Gasteiger partial charge in [-0.3, -0.25) is 9.59 Å². The van der Waals surface area contributed by atoms with Crippen molar-refractivity contribution in [3.05, 3.63) is 140 Å². The number of rotatable bonds is 8. The maximum Gasteiger partial charge on any atom is 0.309 e. The second-order valence-electron chi connectivity index (χ2n) is 17.2. The Bertz CT molecular complexity index is 2290. The summed E-state index contributed by atoms with van der Waals surface area (Å²) in [7, 11) is 0. The summed E-state index contributed by atoms with van der Waals surface area (Å²) in [5.41, 5.74) is 4.09. The minimum absolute atomic E-state index is 0.148. The third-order valence-corrected chi connectivity index (χ3v) is 13.3. The van der Waals surface area contributed by atoms with Crippen molar-refractivity contribution in [2.24, 2.45) is 31.9 Å². The summed E-state index contributed by atoms with van der Waals surface area (Å²) in [6, 6.07) is 21.5. The van der Waals surface area contributed by atoms with E-state index in [1.165, 1.54) is 23.2 Å². The molecule has 6 aliphatic carbocycles. The van der Waals surface area contributed by atoms with Crippen LogP contribution < -0.4 is 5.43 Å². The van der Waals surface area contributed by atoms with Gasteiger partial charge in [-0.25, -0.2) is 27.0 Å². The highest BCUT2D eigenvalue weighted by molar-refractivity contribution is 6.30. The molecule has 0 saturated heterocycles. The molecule has 4 bridgehead atoms. The number of hydrogen-bond donors (Lipinski definition) is 2. The number of alkyl halides is 2. The van der Waals surface area contributed by atoms with Crippen molar-refractivity contribution in [2.45, 2.75) is 82.7 Å². The Kier molecular flexibility index (Phi) is 10.6. The number of benzene rings is 4. The molecular weight excluding hydrogens is 810 g/mol. The molecule has 2 N–H and O–H groups in total. The van der Waals surface area contributed by atoms with Crippen LogP contribution in [0.15, 0.2) is 95.1 Å². The second kappa shape index (κ2) is 15.3. The minimum atomic E-state index is -1.17. The Hall–Kier alpha value is -4.81. The zero-order chi connectivity index (χ0) is 41.9. The maximum atomic E-state index is 15.1. The van der Waals surface area contributed by atoms with Crippen LogP contribution in [0.1, 0.15) is 104 Å². The standard InChI is InChI=1S/C22H18ClF3N2O.C13H12ClFO2.C10H11FN2/c23-15-3-1-2-13(6-15)19(26)21-10-22(11-21,12-21)20(29)28-18(4-5-27-28)14-7-16(24)9-17(25)8-14;14-9-3-1-2-8(4-9)10(15)12-5-13(6-12,7-12)11(16)17;1-7-4-8(6-9(11)5-7)10-2-3-12-13-10/h1-3,5-9,18-19H,4,10-12H2;1-4,10H,5-7H2,(H,16,17);3-6,10,13H,2H2,1H3. The van der Waals surface area contributed by atoms with E-state index in [-0.39, 0.29) is 17.8 Å². The van der Waals surface area contributed by atoms with Crippen LogP contribution in [0.3, 0.4) is 0 Å². The summed E-state index contributed by atoms with van der Waals surface area (Å²) in [5, 5.41) is 19.4. The largest absolute Gasteiger partial charge is 0.481 e. The van der Waals surface area contributed by atoms with Crippen molar-refractivity contribution in [1.29, 1.82) is 0 Å². The van der Waals surface area contributed by atoms with E-state index in [2.05, 4.69) is 15.6 Å². The highest BCUT2D eigenvalue weighted by Crippen LogP contribution is 2.79. The first-order valence-electron chi connectivity index (χ1n) is 19.4. The molecule has 0 spiro atoms. The number of hydrogen-bond acceptors (Lipinski definition) is 5. The summed E-state index contributed by atoms with van der Waals surface area (Å²) in [6.07, 6.45) is 5.08. The van der Waals surface area contributed by atoms with Gasteiger partial charge in [-0.15, -0.1) is 0 Å². The molecule has 6 saturated carbocycles. The third-order valence-electron chi connectivity index (χ3n) is 12.8. The second-order valence-corrected chi connectivity index (χ2v) is 18.1. The van der Waals surface area contributed by atoms with Gasteiger partial charge in [-0.05, 0) is 122 Å². The molecule has 2 aliphatic heterocycles. The van der Waals surface area contributed by atoms with Gasteiger partial charge in [-0.1, -0.05) is 53.5 Å². The number of carboxylic acid groups (broad SMARTS) is 1. The van der Waals surface area contributed by atoms with E-state index in [1.807, 2.05) is 19.2 Å². The molecule has 0 radical (unpaired) electrons. The van der Waals surface area contributed by atoms with Gasteiger partial charge in [0.25, 0.3) is 0 Å². The molecule has 14 heteroatoms. The van der Waals surface area contributed by atoms with E-state index in [0.29, 0.717) is 71.7 Å². The van der Waals surface area contributed by atoms with Gasteiger partial charge in [0.05, 0.1) is 22.9 Å². The highest BCUT2D eigenvalue weighted by atomic mass is 35.5. The quantitative estimate of drug-likeness (QED) is 0.173. The van der Waals surface area contributed by atoms with Gasteiger partial charge in [0.15, 0.2) is 0 Å². The Balaban J connectivity index is 0.000000136. The summed E-state index contributed by atoms with van der Waals surface area (Å²) in [6.45, 7) is 1.89. The van der Waals surface area contributed by atoms with Gasteiger partial charge in [0.2, 0.25) is 5.91 Å². The normalized spacial score (nSPS) is 29.8. The van der Waals surface area contributed by atoms with E-state index in [9.17, 15) is 27.2 Å². The first-order valence-corrected chi connectivity index (χ1v) is 20.2. The van der Waals surface area contributed by atoms with Crippen LogP contribution in [-0.2, 0) is 9.59 Å². The first kappa shape index (κ1) is 40.9. The zero-order valence-corrected chi connectivity index (χ0v) is 33.5. The van der Waals surface area contributed by atoms with Crippen molar-refractivity contribution in [2.75, 3.05) is 0 Å². The van der Waals surface area contributed by atoms with Crippen LogP contribution in [-0.4, -0.2) is 34.4 Å². The molecule has 12 rings (SSSR count). The van der Waals surface area contributed by atoms with Gasteiger partial charge >= 0.3 is 5.97 Å². The number of aliphatic carboxylic acids is 1. The van der Waals surface area contributed by atoms with E-state index >= 15 is 4.39 Å². The van der Waals surface area contributed by atoms with E-state index in [1.54, 1.807) is 60.8 Å². The minimum Gasteiger partial charge on any atom is -0.481 e. The predicted octanol–water partition coefficient (Wildman–Crippen LogP) is 11.5. The Labute approximate surface area is 348 Å². The summed E-state index contributed by atoms with van der Waals surface area (Å²) >= 11 is 11.8. The lowest BCUT2D eigenvalue weighted by atomic mass is 9.33. The van der Waals surface area contributed by atoms with Gasteiger partial charge in [0, 0.05) is 52.2 Å². The number of nitrogens with one attached hydrogen (secondary N) is 1. The SMILES string of the molecule is Cc1cc(F)cc(C2CC=NN2)c1.O=C(N1N=CCC1c1cc(F)cc(F)c1)C12CC(C(F)c3cccc(Cl)c3)(C1)C2.O=C(O)C12CC(C(F)c3cccc(Cl)c3)(C1)C2. The third kappa shape index (κ3) is 7.51. The molecule has 0 aromatic heterocycles. The van der Waals surface area contributed by atoms with Crippen molar-refractivity contribution in [1.82, 2.24) is 10.4 Å². The molecule has 8 aliphatic rings. The Morgan fingerprint density at radius 3 is 1.75 bits per heavy atom.